The normalized spacial score (nSPS) is 11.6. The van der Waals surface area contributed by atoms with Crippen LogP contribution in [-0.4, -0.2) is 49.5 Å². The van der Waals surface area contributed by atoms with Gasteiger partial charge in [-0.1, -0.05) is 11.3 Å². The molecule has 3 aromatic rings. The number of hydrogen-bond acceptors (Lipinski definition) is 7. The molecular formula is C25H30N2O6S. The number of esters is 1. The number of aromatic nitrogens is 1. The van der Waals surface area contributed by atoms with Crippen LogP contribution in [0.3, 0.4) is 0 Å². The minimum absolute atomic E-state index is 0.302. The Labute approximate surface area is 202 Å². The maximum absolute atomic E-state index is 13.1. The van der Waals surface area contributed by atoms with Gasteiger partial charge in [0.15, 0.2) is 16.3 Å². The Kier molecular flexibility index (Phi) is 9.24. The van der Waals surface area contributed by atoms with Gasteiger partial charge >= 0.3 is 5.97 Å². The molecule has 2 aromatic carbocycles. The molecule has 1 heterocycles. The Morgan fingerprint density at radius 2 is 1.62 bits per heavy atom. The van der Waals surface area contributed by atoms with Gasteiger partial charge in [-0.05, 0) is 64.1 Å². The quantitative estimate of drug-likeness (QED) is 0.294. The summed E-state index contributed by atoms with van der Waals surface area (Å²) in [4.78, 5) is 30.2. The summed E-state index contributed by atoms with van der Waals surface area (Å²) in [5, 5.41) is 0. The van der Waals surface area contributed by atoms with E-state index in [9.17, 15) is 9.59 Å². The highest BCUT2D eigenvalue weighted by atomic mass is 32.1. The number of nitrogens with zero attached hydrogens (tertiary/aromatic N) is 2. The van der Waals surface area contributed by atoms with E-state index < -0.39 is 5.91 Å². The molecule has 0 saturated carbocycles. The summed E-state index contributed by atoms with van der Waals surface area (Å²) in [7, 11) is 0. The molecular weight excluding hydrogens is 456 g/mol. The van der Waals surface area contributed by atoms with Crippen molar-refractivity contribution in [2.45, 2.75) is 34.2 Å². The third-order valence-corrected chi connectivity index (χ3v) is 5.89. The van der Waals surface area contributed by atoms with Crippen molar-refractivity contribution >= 4 is 33.4 Å². The minimum atomic E-state index is -0.397. The van der Waals surface area contributed by atoms with E-state index in [-0.39, 0.29) is 5.97 Å². The van der Waals surface area contributed by atoms with Crippen molar-refractivity contribution in [3.63, 3.8) is 0 Å². The van der Waals surface area contributed by atoms with Crippen LogP contribution in [-0.2, 0) is 16.0 Å². The fourth-order valence-electron chi connectivity index (χ4n) is 3.35. The number of hydrogen-bond donors (Lipinski definition) is 0. The zero-order chi connectivity index (χ0) is 24.5. The van der Waals surface area contributed by atoms with Crippen LogP contribution in [0.15, 0.2) is 41.4 Å². The number of carbonyl (C=O) groups excluding carboxylic acids is 2. The maximum Gasteiger partial charge on any atom is 0.338 e. The van der Waals surface area contributed by atoms with Crippen LogP contribution < -0.4 is 14.3 Å². The Morgan fingerprint density at radius 3 is 2.32 bits per heavy atom. The van der Waals surface area contributed by atoms with Crippen molar-refractivity contribution in [2.24, 2.45) is 4.99 Å². The van der Waals surface area contributed by atoms with Crippen molar-refractivity contribution in [1.82, 2.24) is 4.57 Å². The number of ether oxygens (including phenoxy) is 4. The van der Waals surface area contributed by atoms with Gasteiger partial charge in [0.2, 0.25) is 0 Å². The number of rotatable bonds is 11. The summed E-state index contributed by atoms with van der Waals surface area (Å²) in [5.41, 5.74) is 1.72. The Balaban J connectivity index is 2.04. The van der Waals surface area contributed by atoms with Crippen LogP contribution in [0.2, 0.25) is 0 Å². The van der Waals surface area contributed by atoms with E-state index in [1.165, 1.54) is 11.3 Å². The molecule has 3 rings (SSSR count). The summed E-state index contributed by atoms with van der Waals surface area (Å²) in [6, 6.07) is 10.4. The average Bonchev–Trinajstić information content (AvgIpc) is 3.17. The molecule has 0 radical (unpaired) electrons. The Bertz CT molecular complexity index is 1210. The third kappa shape index (κ3) is 6.03. The van der Waals surface area contributed by atoms with Gasteiger partial charge in [-0.15, -0.1) is 0 Å². The van der Waals surface area contributed by atoms with E-state index in [4.69, 9.17) is 18.9 Å². The smallest absolute Gasteiger partial charge is 0.338 e. The molecule has 1 amide bonds. The van der Waals surface area contributed by atoms with Crippen molar-refractivity contribution in [3.8, 4) is 11.5 Å². The van der Waals surface area contributed by atoms with E-state index in [1.54, 1.807) is 37.3 Å². The first-order valence-corrected chi connectivity index (χ1v) is 12.2. The Morgan fingerprint density at radius 1 is 0.882 bits per heavy atom. The van der Waals surface area contributed by atoms with E-state index >= 15 is 0 Å². The van der Waals surface area contributed by atoms with Gasteiger partial charge in [0.25, 0.3) is 5.91 Å². The summed E-state index contributed by atoms with van der Waals surface area (Å²) in [5.74, 6) is 0.309. The van der Waals surface area contributed by atoms with Crippen molar-refractivity contribution < 1.29 is 28.5 Å². The molecule has 0 bridgehead atoms. The lowest BCUT2D eigenvalue weighted by molar-refractivity contribution is 0.0526. The first-order chi connectivity index (χ1) is 16.5. The number of amides is 1. The first kappa shape index (κ1) is 25.5. The number of fused-ring (bicyclic) bond motifs is 1. The van der Waals surface area contributed by atoms with Gasteiger partial charge in [0, 0.05) is 18.7 Å². The summed E-state index contributed by atoms with van der Waals surface area (Å²) in [6.45, 7) is 10.3. The third-order valence-electron chi connectivity index (χ3n) is 4.84. The summed E-state index contributed by atoms with van der Waals surface area (Å²) < 4.78 is 24.6. The number of benzene rings is 2. The van der Waals surface area contributed by atoms with Gasteiger partial charge in [-0.2, -0.15) is 4.99 Å². The van der Waals surface area contributed by atoms with Gasteiger partial charge in [0.1, 0.15) is 0 Å². The zero-order valence-electron chi connectivity index (χ0n) is 20.0. The lowest BCUT2D eigenvalue weighted by Gasteiger charge is -2.11. The van der Waals surface area contributed by atoms with E-state index in [1.807, 2.05) is 31.4 Å². The van der Waals surface area contributed by atoms with Crippen molar-refractivity contribution in [1.29, 1.82) is 0 Å². The van der Waals surface area contributed by atoms with E-state index in [2.05, 4.69) is 4.99 Å². The predicted molar refractivity (Wildman–Crippen MR) is 131 cm³/mol. The highest BCUT2D eigenvalue weighted by Crippen LogP contribution is 2.29. The number of thiazole rings is 1. The SMILES string of the molecule is CCOCCn1c(=NC(=O)c2ccc(OCC)c(OCC)c2)sc2cc(C(=O)OCC)ccc21. The molecule has 0 spiro atoms. The highest BCUT2D eigenvalue weighted by molar-refractivity contribution is 7.16. The predicted octanol–water partition coefficient (Wildman–Crippen LogP) is 4.45. The number of carbonyl (C=O) groups is 2. The largest absolute Gasteiger partial charge is 0.490 e. The second kappa shape index (κ2) is 12.3. The fourth-order valence-corrected chi connectivity index (χ4v) is 4.45. The molecule has 34 heavy (non-hydrogen) atoms. The van der Waals surface area contributed by atoms with Crippen molar-refractivity contribution in [2.75, 3.05) is 33.0 Å². The molecule has 9 heteroatoms. The van der Waals surface area contributed by atoms with Gasteiger partial charge < -0.3 is 23.5 Å². The molecule has 182 valence electrons. The van der Waals surface area contributed by atoms with Crippen LogP contribution in [0.4, 0.5) is 0 Å². The molecule has 0 unspecified atom stereocenters. The monoisotopic (exact) mass is 486 g/mol. The van der Waals surface area contributed by atoms with Crippen LogP contribution in [0, 0.1) is 0 Å². The van der Waals surface area contributed by atoms with E-state index in [0.717, 1.165) is 10.2 Å². The molecule has 0 aliphatic heterocycles. The van der Waals surface area contributed by atoms with Crippen LogP contribution in [0.1, 0.15) is 48.4 Å². The van der Waals surface area contributed by atoms with Gasteiger partial charge in [0.05, 0.1) is 42.2 Å². The lowest BCUT2D eigenvalue weighted by Crippen LogP contribution is -2.19. The second-order valence-corrected chi connectivity index (χ2v) is 8.09. The topological polar surface area (TPSA) is 88.4 Å². The van der Waals surface area contributed by atoms with Crippen LogP contribution >= 0.6 is 11.3 Å². The minimum Gasteiger partial charge on any atom is -0.490 e. The molecule has 8 nitrogen and oxygen atoms in total. The highest BCUT2D eigenvalue weighted by Gasteiger charge is 2.15. The molecule has 1 aromatic heterocycles. The molecule has 0 aliphatic carbocycles. The average molecular weight is 487 g/mol. The van der Waals surface area contributed by atoms with Crippen LogP contribution in [0.5, 0.6) is 11.5 Å². The fraction of sp³-hybridized carbons (Fsp3) is 0.400. The van der Waals surface area contributed by atoms with Crippen molar-refractivity contribution in [3.05, 3.63) is 52.3 Å². The zero-order valence-corrected chi connectivity index (χ0v) is 20.8. The molecule has 0 N–H and O–H groups in total. The van der Waals surface area contributed by atoms with Gasteiger partial charge in [-0.3, -0.25) is 4.79 Å². The maximum atomic E-state index is 13.1. The Hall–Kier alpha value is -3.17. The lowest BCUT2D eigenvalue weighted by atomic mass is 10.2. The summed E-state index contributed by atoms with van der Waals surface area (Å²) in [6.07, 6.45) is 0. The van der Waals surface area contributed by atoms with E-state index in [0.29, 0.717) is 67.0 Å². The molecule has 0 atom stereocenters. The second-order valence-electron chi connectivity index (χ2n) is 7.08. The van der Waals surface area contributed by atoms with Gasteiger partial charge in [-0.25, -0.2) is 4.79 Å². The van der Waals surface area contributed by atoms with Crippen LogP contribution in [0.25, 0.3) is 10.2 Å². The molecule has 0 saturated heterocycles. The molecule has 0 aliphatic rings. The molecule has 0 fully saturated rings. The first-order valence-electron chi connectivity index (χ1n) is 11.4. The summed E-state index contributed by atoms with van der Waals surface area (Å²) >= 11 is 1.34. The standard InChI is InChI=1S/C25H30N2O6S/c1-5-30-14-13-27-19-11-9-18(24(29)33-8-4)16-22(19)34-25(27)26-23(28)17-10-12-20(31-6-2)21(15-17)32-7-3/h9-12,15-16H,5-8,13-14H2,1-4H3.